The van der Waals surface area contributed by atoms with Gasteiger partial charge >= 0.3 is 37.7 Å². The summed E-state index contributed by atoms with van der Waals surface area (Å²) in [7, 11) is -9.83. The molecule has 0 heterocycles. The summed E-state index contributed by atoms with van der Waals surface area (Å²) in [6.07, 6.45) is 0. The second-order valence-electron chi connectivity index (χ2n) is 0.856. The average molecular weight is 611 g/mol. The Kier molecular flexibility index (Phi) is 167. The van der Waals surface area contributed by atoms with Crippen LogP contribution in [0.25, 0.3) is 0 Å². The van der Waals surface area contributed by atoms with Gasteiger partial charge in [0, 0.05) is 45.1 Å². The predicted octanol–water partition coefficient (Wildman–Crippen LogP) is -6.03. The van der Waals surface area contributed by atoms with Gasteiger partial charge in [-0.15, -0.1) is 0 Å². The third-order valence-electron chi connectivity index (χ3n) is 0. The van der Waals surface area contributed by atoms with Crippen LogP contribution in [0.3, 0.4) is 0 Å². The van der Waals surface area contributed by atoms with Gasteiger partial charge in [0.05, 0.1) is 0 Å². The van der Waals surface area contributed by atoms with Gasteiger partial charge in [0.25, 0.3) is 0 Å². The van der Waals surface area contributed by atoms with Crippen molar-refractivity contribution in [2.24, 2.45) is 0 Å². The molecule has 0 amide bonds. The first-order valence-corrected chi connectivity index (χ1v) is 4.10. The molecule has 0 atom stereocenters. The third kappa shape index (κ3) is 2690. The maximum Gasteiger partial charge on any atom is 2.00 e. The molecule has 0 aromatic heterocycles. The third-order valence-corrected chi connectivity index (χ3v) is 0. The molecule has 0 rings (SSSR count). The van der Waals surface area contributed by atoms with Crippen molar-refractivity contribution in [3.8, 4) is 0 Å². The molecule has 0 aromatic carbocycles. The minimum Gasteiger partial charge on any atom is -0.870 e. The molecule has 0 aliphatic heterocycles. The molecule has 0 aliphatic rings. The Hall–Kier alpha value is 1.49. The molecule has 0 aliphatic carbocycles. The quantitative estimate of drug-likeness (QED) is 0.148. The van der Waals surface area contributed by atoms with E-state index in [9.17, 15) is 0 Å². The fraction of sp³-hybridized carbons (Fsp3) is 0. The van der Waals surface area contributed by atoms with E-state index in [4.69, 9.17) is 35.0 Å². The van der Waals surface area contributed by atoms with Crippen LogP contribution >= 0.6 is 0 Å². The Bertz CT molecular complexity index is 220. The Labute approximate surface area is 150 Å². The van der Waals surface area contributed by atoms with E-state index in [0.717, 1.165) is 0 Å². The number of hydrogen-bond donors (Lipinski definition) is 2. The fourth-order valence-electron chi connectivity index (χ4n) is 0. The largest absolute Gasteiger partial charge is 2.00 e. The van der Waals surface area contributed by atoms with Gasteiger partial charge in [0.1, 0.15) is 0 Å². The number of hydrogen-bond acceptors (Lipinski definition) is 8. The summed E-state index contributed by atoms with van der Waals surface area (Å²) >= 11 is 0. The number of rotatable bonds is 0. The van der Waals surface area contributed by atoms with Crippen molar-refractivity contribution in [3.05, 3.63) is 0 Å². The Morgan fingerprint density at radius 2 is 0.684 bits per heavy atom. The minimum atomic E-state index is -5.17. The van der Waals surface area contributed by atoms with Gasteiger partial charge in [0.15, 0.2) is 0 Å². The van der Waals surface area contributed by atoms with Crippen LogP contribution in [0, 0.1) is 0 Å². The van der Waals surface area contributed by atoms with Crippen molar-refractivity contribution in [3.63, 3.8) is 0 Å². The van der Waals surface area contributed by atoms with Gasteiger partial charge in [-0.3, -0.25) is 17.5 Å². The van der Waals surface area contributed by atoms with Gasteiger partial charge in [-0.25, -0.2) is 0 Å². The summed E-state index contributed by atoms with van der Waals surface area (Å²) in [5.74, 6) is 0. The SMILES string of the molecule is O.O.O.O.O=S(=O)(O)O.O=S(=O)([O-])[O-].[Cr].[Cr].[OH-].[OH-].[Pb+2]. The van der Waals surface area contributed by atoms with Crippen molar-refractivity contribution in [2.75, 3.05) is 0 Å². The molecule has 0 fully saturated rings. The zero-order valence-electron chi connectivity index (χ0n) is 8.37. The van der Waals surface area contributed by atoms with Crippen LogP contribution in [0.15, 0.2) is 0 Å². The first-order chi connectivity index (χ1) is 4.00. The van der Waals surface area contributed by atoms with E-state index in [1.165, 1.54) is 0 Å². The van der Waals surface area contributed by atoms with Gasteiger partial charge < -0.3 is 42.0 Å². The van der Waals surface area contributed by atoms with Crippen molar-refractivity contribution in [1.82, 2.24) is 0 Å². The standard InChI is InChI=1S/2Cr.2H2O4S.6H2O.Pb/c;;2*1-5(2,3)4;;;;;;;/h;;2*(H2,1,2,3,4);6*1H2;/q;;;;;;;;;;+2/p-4. The molecule has 14 nitrogen and oxygen atoms in total. The molecule has 126 valence electrons. The summed E-state index contributed by atoms with van der Waals surface area (Å²) in [6.45, 7) is 0. The van der Waals surface area contributed by atoms with Crippen molar-refractivity contribution >= 4 is 48.1 Å². The van der Waals surface area contributed by atoms with Crippen molar-refractivity contribution in [2.45, 2.75) is 0 Å². The molecule has 19 heteroatoms. The second-order valence-corrected chi connectivity index (χ2v) is 2.57. The molecular formula is H12Cr2O14PbS2-2. The molecule has 0 spiro atoms. The molecule has 0 saturated heterocycles. The smallest absolute Gasteiger partial charge is 0.870 e. The van der Waals surface area contributed by atoms with E-state index in [1.807, 2.05) is 0 Å². The summed E-state index contributed by atoms with van der Waals surface area (Å²) < 4.78 is 65.7. The van der Waals surface area contributed by atoms with Crippen LogP contribution in [0.4, 0.5) is 0 Å². The molecule has 0 aromatic rings. The first-order valence-electron chi connectivity index (χ1n) is 1.37. The van der Waals surface area contributed by atoms with Gasteiger partial charge in [-0.2, -0.15) is 8.42 Å². The van der Waals surface area contributed by atoms with Gasteiger partial charge in [-0.1, -0.05) is 0 Å². The van der Waals surface area contributed by atoms with Gasteiger partial charge in [-0.05, 0) is 0 Å². The van der Waals surface area contributed by atoms with E-state index in [-0.39, 0.29) is 94.9 Å². The molecule has 0 unspecified atom stereocenters. The van der Waals surface area contributed by atoms with Crippen molar-refractivity contribution in [1.29, 1.82) is 0 Å². The maximum atomic E-state index is 8.74. The summed E-state index contributed by atoms with van der Waals surface area (Å²) in [4.78, 5) is 0. The summed E-state index contributed by atoms with van der Waals surface area (Å²) in [5, 5.41) is 0. The van der Waals surface area contributed by atoms with Crippen molar-refractivity contribution < 1.29 is 103 Å². The molecule has 19 heavy (non-hydrogen) atoms. The van der Waals surface area contributed by atoms with Crippen LogP contribution in [-0.2, 0) is 55.5 Å². The molecule has 12 N–H and O–H groups in total. The molecule has 0 bridgehead atoms. The van der Waals surface area contributed by atoms with Crippen LogP contribution in [0.1, 0.15) is 0 Å². The molecular weight excluding hydrogens is 599 g/mol. The first kappa shape index (κ1) is 86.4. The maximum absolute atomic E-state index is 8.74. The summed E-state index contributed by atoms with van der Waals surface area (Å²) in [6, 6.07) is 0. The van der Waals surface area contributed by atoms with E-state index >= 15 is 0 Å². The molecule has 0 saturated carbocycles. The van der Waals surface area contributed by atoms with Gasteiger partial charge in [0.2, 0.25) is 0 Å². The van der Waals surface area contributed by atoms with E-state index in [1.54, 1.807) is 0 Å². The zero-order chi connectivity index (χ0) is 9.00. The topological polar surface area (TPSA) is 341 Å². The normalized spacial score (nSPS) is 6.11. The van der Waals surface area contributed by atoms with Crippen LogP contribution in [-0.4, -0.2) is 95.2 Å². The fourth-order valence-corrected chi connectivity index (χ4v) is 0. The Balaban J connectivity index is -0.00000000508. The molecule has 2 radical (unpaired) electrons. The van der Waals surface area contributed by atoms with Crippen LogP contribution in [0.2, 0.25) is 0 Å². The summed E-state index contributed by atoms with van der Waals surface area (Å²) in [5.41, 5.74) is 0. The van der Waals surface area contributed by atoms with E-state index in [0.29, 0.717) is 0 Å². The van der Waals surface area contributed by atoms with E-state index < -0.39 is 20.8 Å². The Morgan fingerprint density at radius 3 is 0.684 bits per heavy atom. The monoisotopic (exact) mass is 612 g/mol. The average Bonchev–Trinajstić information content (AvgIpc) is 1.12. The minimum absolute atomic E-state index is 0. The predicted molar refractivity (Wildman–Crippen MR) is 48.7 cm³/mol. The Morgan fingerprint density at radius 1 is 0.684 bits per heavy atom. The van der Waals surface area contributed by atoms with Crippen LogP contribution in [0.5, 0.6) is 0 Å². The van der Waals surface area contributed by atoms with E-state index in [2.05, 4.69) is 0 Å². The van der Waals surface area contributed by atoms with Crippen LogP contribution < -0.4 is 0 Å². The second kappa shape index (κ2) is 36.6. The zero-order valence-corrected chi connectivity index (χ0v) is 16.4.